The van der Waals surface area contributed by atoms with E-state index < -0.39 is 21.4 Å². The Morgan fingerprint density at radius 2 is 1.93 bits per heavy atom. The third-order valence-electron chi connectivity index (χ3n) is 6.92. The first-order valence-electron chi connectivity index (χ1n) is 13.4. The number of ketones is 1. The molecule has 5 rings (SSSR count). The van der Waals surface area contributed by atoms with Crippen LogP contribution in [0.4, 0.5) is 4.39 Å². The number of ether oxygens (including phenoxy) is 1. The van der Waals surface area contributed by atoms with Gasteiger partial charge in [-0.05, 0) is 43.7 Å². The molecule has 0 bridgehead atoms. The first-order valence-corrected chi connectivity index (χ1v) is 14.8. The highest BCUT2D eigenvalue weighted by Crippen LogP contribution is 2.33. The molecule has 3 heterocycles. The second-order valence-electron chi connectivity index (χ2n) is 9.73. The van der Waals surface area contributed by atoms with Gasteiger partial charge in [0, 0.05) is 37.7 Å². The summed E-state index contributed by atoms with van der Waals surface area (Å²) in [4.78, 5) is 33.1. The van der Waals surface area contributed by atoms with Gasteiger partial charge in [-0.25, -0.2) is 17.8 Å². The lowest BCUT2D eigenvalue weighted by Gasteiger charge is -2.27. The molecule has 12 heteroatoms. The lowest BCUT2D eigenvalue weighted by atomic mass is 10.0. The van der Waals surface area contributed by atoms with Crippen LogP contribution in [-0.2, 0) is 28.3 Å². The van der Waals surface area contributed by atoms with Crippen LogP contribution in [0, 0.1) is 5.82 Å². The van der Waals surface area contributed by atoms with Crippen molar-refractivity contribution in [1.82, 2.24) is 24.1 Å². The van der Waals surface area contributed by atoms with Crippen molar-refractivity contribution in [3.63, 3.8) is 0 Å². The van der Waals surface area contributed by atoms with E-state index in [1.54, 1.807) is 26.1 Å². The Hall–Kier alpha value is -4.16. The number of Topliss-reactive ketones (excluding diaryl/α,β-unsaturated/α-hetero) is 1. The molecule has 0 saturated carbocycles. The van der Waals surface area contributed by atoms with Crippen LogP contribution in [0.1, 0.15) is 37.9 Å². The van der Waals surface area contributed by atoms with E-state index in [0.717, 1.165) is 6.42 Å². The summed E-state index contributed by atoms with van der Waals surface area (Å²) < 4.78 is 50.3. The highest BCUT2D eigenvalue weighted by atomic mass is 32.2. The fourth-order valence-corrected chi connectivity index (χ4v) is 6.37. The topological polar surface area (TPSA) is 127 Å². The molecule has 2 aromatic carbocycles. The van der Waals surface area contributed by atoms with Crippen molar-refractivity contribution in [2.45, 2.75) is 38.0 Å². The largest absolute Gasteiger partial charge is 0.493 e. The number of nitrogens with zero attached hydrogens (tertiary/aromatic N) is 4. The quantitative estimate of drug-likeness (QED) is 0.314. The van der Waals surface area contributed by atoms with Gasteiger partial charge in [0.1, 0.15) is 22.9 Å². The maximum Gasteiger partial charge on any atom is 0.277 e. The molecule has 0 spiro atoms. The summed E-state index contributed by atoms with van der Waals surface area (Å²) in [5, 5.41) is 4.44. The number of H-pyrrole nitrogens is 1. The Balaban J connectivity index is 1.57. The Kier molecular flexibility index (Phi) is 7.87. The van der Waals surface area contributed by atoms with E-state index in [1.165, 1.54) is 45.4 Å². The van der Waals surface area contributed by atoms with Crippen molar-refractivity contribution in [3.8, 4) is 17.1 Å². The number of aromatic nitrogens is 4. The minimum Gasteiger partial charge on any atom is -0.493 e. The summed E-state index contributed by atoms with van der Waals surface area (Å²) >= 11 is 0. The monoisotopic (exact) mass is 579 g/mol. The number of nitrogens with one attached hydrogen (secondary N) is 1. The number of rotatable bonds is 8. The van der Waals surface area contributed by atoms with Crippen LogP contribution in [0.2, 0.25) is 0 Å². The van der Waals surface area contributed by atoms with Crippen LogP contribution in [0.5, 0.6) is 5.75 Å². The first-order chi connectivity index (χ1) is 19.6. The second kappa shape index (κ2) is 11.4. The van der Waals surface area contributed by atoms with Gasteiger partial charge in [0.25, 0.3) is 5.56 Å². The van der Waals surface area contributed by atoms with Gasteiger partial charge in [-0.1, -0.05) is 31.5 Å². The van der Waals surface area contributed by atoms with E-state index in [-0.39, 0.29) is 47.2 Å². The molecular weight excluding hydrogens is 549 g/mol. The number of carbonyl (C=O) groups is 1. The molecule has 1 saturated heterocycles. The van der Waals surface area contributed by atoms with Crippen molar-refractivity contribution < 1.29 is 22.3 Å². The van der Waals surface area contributed by atoms with Gasteiger partial charge in [0.2, 0.25) is 10.0 Å². The smallest absolute Gasteiger partial charge is 0.277 e. The number of hydrogen-bond acceptors (Lipinski definition) is 7. The zero-order chi connectivity index (χ0) is 29.3. The number of aryl methyl sites for hydroxylation is 2. The molecule has 4 aromatic rings. The molecular formula is C29H30FN5O5S. The van der Waals surface area contributed by atoms with Gasteiger partial charge >= 0.3 is 0 Å². The van der Waals surface area contributed by atoms with Crippen molar-refractivity contribution >= 4 is 32.9 Å². The van der Waals surface area contributed by atoms with E-state index in [9.17, 15) is 22.4 Å². The average Bonchev–Trinajstić information content (AvgIpc) is 3.26. The zero-order valence-corrected chi connectivity index (χ0v) is 23.8. The van der Waals surface area contributed by atoms with Crippen LogP contribution < -0.4 is 10.3 Å². The summed E-state index contributed by atoms with van der Waals surface area (Å²) in [7, 11) is -2.42. The average molecular weight is 580 g/mol. The van der Waals surface area contributed by atoms with Gasteiger partial charge in [0.15, 0.2) is 11.3 Å². The van der Waals surface area contributed by atoms with E-state index in [4.69, 9.17) is 4.74 Å². The van der Waals surface area contributed by atoms with E-state index in [0.29, 0.717) is 41.1 Å². The van der Waals surface area contributed by atoms with Crippen LogP contribution >= 0.6 is 0 Å². The molecule has 1 aliphatic heterocycles. The van der Waals surface area contributed by atoms with Gasteiger partial charge in [-0.3, -0.25) is 14.3 Å². The highest BCUT2D eigenvalue weighted by Gasteiger charge is 2.32. The SMILES string of the molecule is CCCc1nn(C)c2c(=O)[nH]c(-c3cc(S(=O)(=O)N4CCC(=O)C(=Cc5ccccc5F)C4)ccc3OCC)nc12. The molecule has 0 atom stereocenters. The predicted octanol–water partition coefficient (Wildman–Crippen LogP) is 3.86. The van der Waals surface area contributed by atoms with Gasteiger partial charge in [-0.15, -0.1) is 0 Å². The predicted molar refractivity (Wildman–Crippen MR) is 152 cm³/mol. The first kappa shape index (κ1) is 28.4. The Bertz CT molecular complexity index is 1840. The summed E-state index contributed by atoms with van der Waals surface area (Å²) in [6, 6.07) is 10.4. The van der Waals surface area contributed by atoms with Crippen molar-refractivity contribution in [2.75, 3.05) is 19.7 Å². The number of aromatic amines is 1. The lowest BCUT2D eigenvalue weighted by Crippen LogP contribution is -2.40. The Morgan fingerprint density at radius 3 is 2.66 bits per heavy atom. The number of fused-ring (bicyclic) bond motifs is 1. The van der Waals surface area contributed by atoms with Crippen LogP contribution in [0.3, 0.4) is 0 Å². The van der Waals surface area contributed by atoms with Gasteiger partial charge in [-0.2, -0.15) is 9.40 Å². The number of halogens is 1. The summed E-state index contributed by atoms with van der Waals surface area (Å²) in [5.74, 6) is -0.231. The van der Waals surface area contributed by atoms with Crippen LogP contribution in [-0.4, -0.2) is 58.0 Å². The van der Waals surface area contributed by atoms with E-state index >= 15 is 0 Å². The van der Waals surface area contributed by atoms with E-state index in [2.05, 4.69) is 15.1 Å². The van der Waals surface area contributed by atoms with Crippen LogP contribution in [0.15, 0.2) is 57.7 Å². The zero-order valence-electron chi connectivity index (χ0n) is 23.0. The molecule has 10 nitrogen and oxygen atoms in total. The van der Waals surface area contributed by atoms with Gasteiger partial charge in [0.05, 0.1) is 22.8 Å². The maximum absolute atomic E-state index is 14.2. The third kappa shape index (κ3) is 5.44. The minimum absolute atomic E-state index is 0.0184. The number of sulfonamides is 1. The normalized spacial score (nSPS) is 15.6. The molecule has 0 unspecified atom stereocenters. The van der Waals surface area contributed by atoms with Crippen LogP contribution in [0.25, 0.3) is 28.5 Å². The third-order valence-corrected chi connectivity index (χ3v) is 8.76. The van der Waals surface area contributed by atoms with Gasteiger partial charge < -0.3 is 9.72 Å². The molecule has 0 amide bonds. The summed E-state index contributed by atoms with van der Waals surface area (Å²) in [5.41, 5.74) is 1.75. The number of carbonyl (C=O) groups excluding carboxylic acids is 1. The fourth-order valence-electron chi connectivity index (χ4n) is 4.92. The molecule has 0 aliphatic carbocycles. The van der Waals surface area contributed by atoms with Crippen molar-refractivity contribution in [2.24, 2.45) is 7.05 Å². The molecule has 41 heavy (non-hydrogen) atoms. The highest BCUT2D eigenvalue weighted by molar-refractivity contribution is 7.89. The Morgan fingerprint density at radius 1 is 1.15 bits per heavy atom. The molecule has 1 N–H and O–H groups in total. The minimum atomic E-state index is -4.09. The maximum atomic E-state index is 14.2. The Labute approximate surface area is 236 Å². The molecule has 214 valence electrons. The number of piperidine rings is 1. The molecule has 0 radical (unpaired) electrons. The van der Waals surface area contributed by atoms with Crippen molar-refractivity contribution in [3.05, 3.63) is 75.5 Å². The van der Waals surface area contributed by atoms with E-state index in [1.807, 2.05) is 6.92 Å². The fraction of sp³-hybridized carbons (Fsp3) is 0.310. The number of benzene rings is 2. The lowest BCUT2D eigenvalue weighted by molar-refractivity contribution is -0.116. The molecule has 2 aromatic heterocycles. The standard InChI is InChI=1S/C29H30FN5O5S/c1-4-8-23-26-27(34(3)33-23)29(37)32-28(31-26)21-16-20(11-12-25(21)40-5-2)41(38,39)35-14-13-24(36)19(17-35)15-18-9-6-7-10-22(18)30/h6-7,9-12,15-16H,4-5,8,13-14,17H2,1-3H3,(H,31,32,37). The van der Waals surface area contributed by atoms with Crippen molar-refractivity contribution in [1.29, 1.82) is 0 Å². The molecule has 1 fully saturated rings. The summed E-state index contributed by atoms with van der Waals surface area (Å²) in [6.07, 6.45) is 2.79. The molecule has 1 aliphatic rings. The second-order valence-corrected chi connectivity index (χ2v) is 11.7. The number of hydrogen-bond donors (Lipinski definition) is 1. The summed E-state index contributed by atoms with van der Waals surface area (Å²) in [6.45, 7) is 3.88.